The van der Waals surface area contributed by atoms with Crippen LogP contribution in [-0.2, 0) is 17.8 Å². The number of nitrogens with zero attached hydrogens (tertiary/aromatic N) is 2. The predicted octanol–water partition coefficient (Wildman–Crippen LogP) is -0.594. The number of hydrogen-bond donors (Lipinski definition) is 3. The number of H-pyrrole nitrogens is 1. The van der Waals surface area contributed by atoms with Crippen LogP contribution in [0, 0.1) is 0 Å². The van der Waals surface area contributed by atoms with E-state index in [0.717, 1.165) is 24.2 Å². The molecule has 1 aromatic heterocycles. The Morgan fingerprint density at radius 3 is 2.95 bits per heavy atom. The van der Waals surface area contributed by atoms with Crippen molar-refractivity contribution in [2.45, 2.75) is 32.4 Å². The Kier molecular flexibility index (Phi) is 3.01. The third-order valence-electron chi connectivity index (χ3n) is 4.11. The highest BCUT2D eigenvalue weighted by Gasteiger charge is 2.42. The summed E-state index contributed by atoms with van der Waals surface area (Å²) in [5.74, 6) is -0.300. The van der Waals surface area contributed by atoms with Crippen LogP contribution in [0.2, 0.25) is 0 Å². The Morgan fingerprint density at radius 2 is 2.15 bits per heavy atom. The summed E-state index contributed by atoms with van der Waals surface area (Å²) in [7, 11) is 0. The lowest BCUT2D eigenvalue weighted by Gasteiger charge is -2.40. The smallest absolute Gasteiger partial charge is 0.275 e. The van der Waals surface area contributed by atoms with Gasteiger partial charge in [0.15, 0.2) is 5.69 Å². The van der Waals surface area contributed by atoms with Gasteiger partial charge in [0.25, 0.3) is 5.91 Å². The molecule has 1 fully saturated rings. The summed E-state index contributed by atoms with van der Waals surface area (Å²) in [6.07, 6.45) is 0.847. The number of aromatic amines is 1. The molecule has 0 unspecified atom stereocenters. The van der Waals surface area contributed by atoms with Crippen molar-refractivity contribution >= 4 is 11.8 Å². The highest BCUT2D eigenvalue weighted by molar-refractivity contribution is 5.99. The minimum atomic E-state index is -0.844. The van der Waals surface area contributed by atoms with Crippen molar-refractivity contribution in [1.82, 2.24) is 25.7 Å². The van der Waals surface area contributed by atoms with Crippen molar-refractivity contribution in [2.24, 2.45) is 0 Å². The molecule has 20 heavy (non-hydrogen) atoms. The number of amides is 2. The molecule has 0 saturated carbocycles. The maximum absolute atomic E-state index is 12.7. The van der Waals surface area contributed by atoms with Gasteiger partial charge in [0.1, 0.15) is 5.54 Å². The monoisotopic (exact) mass is 277 g/mol. The van der Waals surface area contributed by atoms with Gasteiger partial charge in [-0.05, 0) is 13.8 Å². The molecule has 0 radical (unpaired) electrons. The van der Waals surface area contributed by atoms with Crippen LogP contribution >= 0.6 is 0 Å². The second kappa shape index (κ2) is 4.59. The summed E-state index contributed by atoms with van der Waals surface area (Å²) < 4.78 is 0. The maximum Gasteiger partial charge on any atom is 0.275 e. The molecule has 7 nitrogen and oxygen atoms in total. The van der Waals surface area contributed by atoms with E-state index in [2.05, 4.69) is 20.8 Å². The first kappa shape index (κ1) is 13.1. The van der Waals surface area contributed by atoms with Gasteiger partial charge in [-0.15, -0.1) is 0 Å². The van der Waals surface area contributed by atoms with Crippen LogP contribution in [0.15, 0.2) is 0 Å². The molecule has 7 heteroatoms. The molecule has 3 heterocycles. The van der Waals surface area contributed by atoms with Crippen LogP contribution in [0.25, 0.3) is 0 Å². The molecule has 2 aliphatic rings. The topological polar surface area (TPSA) is 90.1 Å². The fourth-order valence-electron chi connectivity index (χ4n) is 2.79. The van der Waals surface area contributed by atoms with E-state index in [9.17, 15) is 9.59 Å². The van der Waals surface area contributed by atoms with Crippen LogP contribution in [-0.4, -0.2) is 52.1 Å². The highest BCUT2D eigenvalue weighted by Crippen LogP contribution is 2.23. The van der Waals surface area contributed by atoms with E-state index in [1.165, 1.54) is 0 Å². The van der Waals surface area contributed by atoms with Crippen molar-refractivity contribution in [3.05, 3.63) is 17.0 Å². The van der Waals surface area contributed by atoms with Gasteiger partial charge in [0.05, 0.1) is 0 Å². The Morgan fingerprint density at radius 1 is 1.35 bits per heavy atom. The van der Waals surface area contributed by atoms with Gasteiger partial charge in [-0.25, -0.2) is 0 Å². The number of aromatic nitrogens is 2. The summed E-state index contributed by atoms with van der Waals surface area (Å²) in [5, 5.41) is 13.2. The lowest BCUT2D eigenvalue weighted by atomic mass is 9.97. The lowest BCUT2D eigenvalue weighted by molar-refractivity contribution is -0.133. The molecule has 2 aliphatic heterocycles. The van der Waals surface area contributed by atoms with Crippen LogP contribution < -0.4 is 10.6 Å². The third-order valence-corrected chi connectivity index (χ3v) is 4.11. The van der Waals surface area contributed by atoms with E-state index in [4.69, 9.17) is 0 Å². The zero-order valence-electron chi connectivity index (χ0n) is 11.7. The Bertz CT molecular complexity index is 563. The molecular formula is C13H19N5O2. The molecule has 0 aliphatic carbocycles. The zero-order chi connectivity index (χ0) is 14.3. The quantitative estimate of drug-likeness (QED) is 0.640. The molecule has 0 atom stereocenters. The van der Waals surface area contributed by atoms with Gasteiger partial charge < -0.3 is 15.5 Å². The van der Waals surface area contributed by atoms with E-state index in [1.807, 2.05) is 0 Å². The van der Waals surface area contributed by atoms with E-state index in [1.54, 1.807) is 18.7 Å². The van der Waals surface area contributed by atoms with Gasteiger partial charge in [-0.2, -0.15) is 5.10 Å². The minimum Gasteiger partial charge on any atom is -0.352 e. The molecule has 0 spiro atoms. The maximum atomic E-state index is 12.7. The lowest BCUT2D eigenvalue weighted by Crippen LogP contribution is -2.63. The SMILES string of the molecule is CC1(C)C(=O)NCCN1C(=O)c1n[nH]c2c1CNCC2. The first-order valence-corrected chi connectivity index (χ1v) is 6.89. The van der Waals surface area contributed by atoms with E-state index in [-0.39, 0.29) is 11.8 Å². The Hall–Kier alpha value is -1.89. The number of piperazine rings is 1. The average molecular weight is 277 g/mol. The van der Waals surface area contributed by atoms with E-state index < -0.39 is 5.54 Å². The molecule has 0 aromatic carbocycles. The summed E-state index contributed by atoms with van der Waals surface area (Å²) >= 11 is 0. The van der Waals surface area contributed by atoms with Crippen molar-refractivity contribution in [3.8, 4) is 0 Å². The van der Waals surface area contributed by atoms with Crippen molar-refractivity contribution in [2.75, 3.05) is 19.6 Å². The van der Waals surface area contributed by atoms with E-state index >= 15 is 0 Å². The minimum absolute atomic E-state index is 0.125. The highest BCUT2D eigenvalue weighted by atomic mass is 16.2. The zero-order valence-corrected chi connectivity index (χ0v) is 11.7. The predicted molar refractivity (Wildman–Crippen MR) is 72.1 cm³/mol. The van der Waals surface area contributed by atoms with Crippen molar-refractivity contribution in [1.29, 1.82) is 0 Å². The number of nitrogens with one attached hydrogen (secondary N) is 3. The Balaban J connectivity index is 1.92. The van der Waals surface area contributed by atoms with Crippen LogP contribution in [0.5, 0.6) is 0 Å². The van der Waals surface area contributed by atoms with Crippen LogP contribution in [0.4, 0.5) is 0 Å². The van der Waals surface area contributed by atoms with Crippen molar-refractivity contribution in [3.63, 3.8) is 0 Å². The number of rotatable bonds is 1. The number of fused-ring (bicyclic) bond motifs is 1. The number of carbonyl (C=O) groups excluding carboxylic acids is 2. The third kappa shape index (κ3) is 1.89. The first-order valence-electron chi connectivity index (χ1n) is 6.89. The van der Waals surface area contributed by atoms with Gasteiger partial charge in [-0.1, -0.05) is 0 Å². The van der Waals surface area contributed by atoms with Gasteiger partial charge in [0.2, 0.25) is 5.91 Å². The molecule has 1 saturated heterocycles. The first-order chi connectivity index (χ1) is 9.51. The number of carbonyl (C=O) groups is 2. The second-order valence-corrected chi connectivity index (χ2v) is 5.73. The Labute approximate surface area is 117 Å². The van der Waals surface area contributed by atoms with Crippen molar-refractivity contribution < 1.29 is 9.59 Å². The molecule has 2 amide bonds. The largest absolute Gasteiger partial charge is 0.352 e. The normalized spacial score (nSPS) is 21.3. The molecule has 108 valence electrons. The average Bonchev–Trinajstić information content (AvgIpc) is 2.85. The summed E-state index contributed by atoms with van der Waals surface area (Å²) in [5.41, 5.74) is 1.55. The van der Waals surface area contributed by atoms with E-state index in [0.29, 0.717) is 25.3 Å². The van der Waals surface area contributed by atoms with Gasteiger partial charge >= 0.3 is 0 Å². The fraction of sp³-hybridized carbons (Fsp3) is 0.615. The molecular weight excluding hydrogens is 258 g/mol. The summed E-state index contributed by atoms with van der Waals surface area (Å²) in [6, 6.07) is 0. The summed E-state index contributed by atoms with van der Waals surface area (Å²) in [6.45, 7) is 6.05. The van der Waals surface area contributed by atoms with Gasteiger partial charge in [-0.3, -0.25) is 14.7 Å². The molecule has 0 bridgehead atoms. The number of hydrogen-bond acceptors (Lipinski definition) is 4. The summed E-state index contributed by atoms with van der Waals surface area (Å²) in [4.78, 5) is 26.3. The molecule has 3 N–H and O–H groups in total. The van der Waals surface area contributed by atoms with Crippen LogP contribution in [0.1, 0.15) is 35.6 Å². The molecule has 3 rings (SSSR count). The standard InChI is InChI=1S/C13H19N5O2/c1-13(2)12(20)15-5-6-18(13)11(19)10-8-7-14-4-3-9(8)16-17-10/h14H,3-7H2,1-2H3,(H,15,20)(H,16,17). The molecule has 1 aromatic rings. The van der Waals surface area contributed by atoms with Gasteiger partial charge in [0, 0.05) is 43.9 Å². The second-order valence-electron chi connectivity index (χ2n) is 5.73. The fourth-order valence-corrected chi connectivity index (χ4v) is 2.79. The van der Waals surface area contributed by atoms with Crippen LogP contribution in [0.3, 0.4) is 0 Å².